The molecule has 0 aliphatic rings. The Kier molecular flexibility index (Phi) is 8.60. The Hall–Kier alpha value is -1.76. The molecule has 24 heavy (non-hydrogen) atoms. The quantitative estimate of drug-likeness (QED) is 0.373. The number of nitrogens with zero attached hydrogens (tertiary/aromatic N) is 1. The highest BCUT2D eigenvalue weighted by atomic mass is 127. The van der Waals surface area contributed by atoms with Crippen molar-refractivity contribution in [2.45, 2.75) is 33.4 Å². The second kappa shape index (κ2) is 10.2. The van der Waals surface area contributed by atoms with E-state index in [4.69, 9.17) is 0 Å². The van der Waals surface area contributed by atoms with Crippen LogP contribution in [-0.2, 0) is 6.54 Å². The predicted molar refractivity (Wildman–Crippen MR) is 111 cm³/mol. The van der Waals surface area contributed by atoms with Gasteiger partial charge in [0, 0.05) is 6.54 Å². The Morgan fingerprint density at radius 3 is 2.58 bits per heavy atom. The van der Waals surface area contributed by atoms with Gasteiger partial charge in [0.05, 0.1) is 12.6 Å². The first-order valence-corrected chi connectivity index (χ1v) is 7.98. The van der Waals surface area contributed by atoms with Gasteiger partial charge in [0.1, 0.15) is 5.75 Å². The van der Waals surface area contributed by atoms with Crippen molar-refractivity contribution in [2.75, 3.05) is 6.54 Å². The molecular weight excluding hydrogens is 413 g/mol. The minimum Gasteiger partial charge on any atom is -0.508 e. The summed E-state index contributed by atoms with van der Waals surface area (Å²) in [6.45, 7) is 7.61. The molecule has 4 nitrogen and oxygen atoms in total. The van der Waals surface area contributed by atoms with Crippen LogP contribution in [0, 0.1) is 6.92 Å². The molecule has 0 spiro atoms. The van der Waals surface area contributed by atoms with Crippen molar-refractivity contribution in [1.29, 1.82) is 0 Å². The van der Waals surface area contributed by atoms with Crippen molar-refractivity contribution in [3.8, 4) is 5.75 Å². The molecule has 3 N–H and O–H groups in total. The van der Waals surface area contributed by atoms with Gasteiger partial charge in [-0.05, 0) is 49.6 Å². The first-order valence-electron chi connectivity index (χ1n) is 7.98. The van der Waals surface area contributed by atoms with E-state index in [2.05, 4.69) is 47.7 Å². The summed E-state index contributed by atoms with van der Waals surface area (Å²) in [5.74, 6) is 1.04. The Morgan fingerprint density at radius 1 is 1.17 bits per heavy atom. The molecule has 2 rings (SSSR count). The fourth-order valence-electron chi connectivity index (χ4n) is 2.50. The number of aryl methyl sites for hydroxylation is 1. The Labute approximate surface area is 161 Å². The lowest BCUT2D eigenvalue weighted by atomic mass is 10.0. The third-order valence-corrected chi connectivity index (χ3v) is 3.68. The molecule has 0 radical (unpaired) electrons. The van der Waals surface area contributed by atoms with Gasteiger partial charge in [0.25, 0.3) is 0 Å². The van der Waals surface area contributed by atoms with E-state index in [-0.39, 0.29) is 35.8 Å². The van der Waals surface area contributed by atoms with E-state index in [0.29, 0.717) is 6.54 Å². The molecule has 5 heteroatoms. The second-order valence-corrected chi connectivity index (χ2v) is 5.59. The van der Waals surface area contributed by atoms with Gasteiger partial charge < -0.3 is 15.7 Å². The fraction of sp³-hybridized carbons (Fsp3) is 0.316. The number of hydrogen-bond donors (Lipinski definition) is 3. The van der Waals surface area contributed by atoms with Crippen molar-refractivity contribution in [1.82, 2.24) is 10.6 Å². The summed E-state index contributed by atoms with van der Waals surface area (Å²) in [7, 11) is 0. The van der Waals surface area contributed by atoms with Crippen LogP contribution in [0.25, 0.3) is 0 Å². The maximum Gasteiger partial charge on any atom is 0.192 e. The number of aliphatic imine (C=N–C) groups is 1. The highest BCUT2D eigenvalue weighted by Crippen LogP contribution is 2.16. The van der Waals surface area contributed by atoms with Crippen LogP contribution in [0.15, 0.2) is 53.5 Å². The summed E-state index contributed by atoms with van der Waals surface area (Å²) >= 11 is 0. The van der Waals surface area contributed by atoms with E-state index in [1.807, 2.05) is 25.1 Å². The summed E-state index contributed by atoms with van der Waals surface area (Å²) in [5, 5.41) is 16.2. The normalized spacial score (nSPS) is 12.2. The zero-order valence-corrected chi connectivity index (χ0v) is 16.7. The average molecular weight is 439 g/mol. The number of benzene rings is 2. The summed E-state index contributed by atoms with van der Waals surface area (Å²) < 4.78 is 0. The van der Waals surface area contributed by atoms with Gasteiger partial charge >= 0.3 is 0 Å². The molecule has 2 aromatic rings. The smallest absolute Gasteiger partial charge is 0.192 e. The minimum absolute atomic E-state index is 0. The molecule has 0 aliphatic heterocycles. The first kappa shape index (κ1) is 20.3. The van der Waals surface area contributed by atoms with Crippen molar-refractivity contribution in [3.63, 3.8) is 0 Å². The van der Waals surface area contributed by atoms with Crippen LogP contribution < -0.4 is 10.6 Å². The lowest BCUT2D eigenvalue weighted by molar-refractivity contribution is 0.474. The summed E-state index contributed by atoms with van der Waals surface area (Å²) in [6, 6.07) is 15.7. The number of rotatable bonds is 5. The van der Waals surface area contributed by atoms with E-state index in [0.717, 1.165) is 18.1 Å². The van der Waals surface area contributed by atoms with Gasteiger partial charge in [0.2, 0.25) is 0 Å². The number of hydrogen-bond acceptors (Lipinski definition) is 2. The molecule has 0 saturated carbocycles. The van der Waals surface area contributed by atoms with E-state index < -0.39 is 0 Å². The monoisotopic (exact) mass is 439 g/mol. The van der Waals surface area contributed by atoms with Gasteiger partial charge in [-0.1, -0.05) is 36.4 Å². The third-order valence-electron chi connectivity index (χ3n) is 3.68. The van der Waals surface area contributed by atoms with Crippen LogP contribution in [-0.4, -0.2) is 17.6 Å². The van der Waals surface area contributed by atoms with Crippen LogP contribution in [0.1, 0.15) is 36.6 Å². The topological polar surface area (TPSA) is 56.7 Å². The minimum atomic E-state index is 0. The molecular formula is C19H26IN3O. The molecule has 0 amide bonds. The Balaban J connectivity index is 0.00000288. The molecule has 1 atom stereocenters. The largest absolute Gasteiger partial charge is 0.508 e. The van der Waals surface area contributed by atoms with Crippen LogP contribution in [0.3, 0.4) is 0 Å². The summed E-state index contributed by atoms with van der Waals surface area (Å²) in [6.07, 6.45) is 0. The van der Waals surface area contributed by atoms with Crippen molar-refractivity contribution in [2.24, 2.45) is 4.99 Å². The molecule has 1 unspecified atom stereocenters. The molecule has 0 aromatic heterocycles. The first-order chi connectivity index (χ1) is 11.1. The molecule has 0 saturated heterocycles. The predicted octanol–water partition coefficient (Wildman–Crippen LogP) is 4.13. The molecule has 0 aliphatic carbocycles. The van der Waals surface area contributed by atoms with Crippen molar-refractivity contribution >= 4 is 29.9 Å². The maximum atomic E-state index is 9.53. The van der Waals surface area contributed by atoms with Gasteiger partial charge in [-0.15, -0.1) is 24.0 Å². The lowest BCUT2D eigenvalue weighted by Crippen LogP contribution is -2.38. The zero-order valence-electron chi connectivity index (χ0n) is 14.4. The van der Waals surface area contributed by atoms with E-state index in [9.17, 15) is 5.11 Å². The maximum absolute atomic E-state index is 9.53. The standard InChI is InChI=1S/C19H25N3O.HI/c1-4-20-19(21-13-16-9-7-10-17(23)12-16)22-15(3)18-11-6-5-8-14(18)2;/h5-12,15,23H,4,13H2,1-3H3,(H2,20,21,22);1H. The molecule has 130 valence electrons. The molecule has 0 heterocycles. The van der Waals surface area contributed by atoms with Crippen molar-refractivity contribution < 1.29 is 5.11 Å². The van der Waals surface area contributed by atoms with Gasteiger partial charge in [-0.3, -0.25) is 0 Å². The Bertz CT molecular complexity index is 673. The van der Waals surface area contributed by atoms with Gasteiger partial charge in [-0.25, -0.2) is 4.99 Å². The SMILES string of the molecule is CCNC(=NCc1cccc(O)c1)NC(C)c1ccccc1C.I. The number of guanidine groups is 1. The zero-order chi connectivity index (χ0) is 16.7. The summed E-state index contributed by atoms with van der Waals surface area (Å²) in [4.78, 5) is 4.60. The van der Waals surface area contributed by atoms with Crippen LogP contribution in [0.2, 0.25) is 0 Å². The van der Waals surface area contributed by atoms with Gasteiger partial charge in [-0.2, -0.15) is 0 Å². The van der Waals surface area contributed by atoms with Crippen LogP contribution in [0.4, 0.5) is 0 Å². The number of phenols is 1. The molecule has 2 aromatic carbocycles. The van der Waals surface area contributed by atoms with Crippen LogP contribution >= 0.6 is 24.0 Å². The molecule has 0 fully saturated rings. The number of nitrogens with one attached hydrogen (secondary N) is 2. The highest BCUT2D eigenvalue weighted by molar-refractivity contribution is 14.0. The van der Waals surface area contributed by atoms with Crippen molar-refractivity contribution in [3.05, 3.63) is 65.2 Å². The van der Waals surface area contributed by atoms with Crippen LogP contribution in [0.5, 0.6) is 5.75 Å². The number of halogens is 1. The lowest BCUT2D eigenvalue weighted by Gasteiger charge is -2.19. The summed E-state index contributed by atoms with van der Waals surface area (Å²) in [5.41, 5.74) is 3.50. The van der Waals surface area contributed by atoms with E-state index >= 15 is 0 Å². The number of aromatic hydroxyl groups is 1. The average Bonchev–Trinajstić information content (AvgIpc) is 2.53. The second-order valence-electron chi connectivity index (χ2n) is 5.59. The number of phenolic OH excluding ortho intramolecular Hbond substituents is 1. The van der Waals surface area contributed by atoms with E-state index in [1.165, 1.54) is 11.1 Å². The van der Waals surface area contributed by atoms with Gasteiger partial charge in [0.15, 0.2) is 5.96 Å². The molecule has 0 bridgehead atoms. The third kappa shape index (κ3) is 6.03. The van der Waals surface area contributed by atoms with E-state index in [1.54, 1.807) is 12.1 Å². The Morgan fingerprint density at radius 2 is 1.92 bits per heavy atom. The fourth-order valence-corrected chi connectivity index (χ4v) is 2.50. The highest BCUT2D eigenvalue weighted by Gasteiger charge is 2.09.